The van der Waals surface area contributed by atoms with E-state index in [4.69, 9.17) is 13.3 Å². The monoisotopic (exact) mass is 336 g/mol. The van der Waals surface area contributed by atoms with Gasteiger partial charge in [0.15, 0.2) is 26.4 Å². The highest BCUT2D eigenvalue weighted by molar-refractivity contribution is 6.74. The second kappa shape index (κ2) is 10.3. The molecular weight excluding hydrogens is 300 g/mol. The van der Waals surface area contributed by atoms with Crippen molar-refractivity contribution in [2.45, 2.75) is 90.8 Å². The summed E-state index contributed by atoms with van der Waals surface area (Å²) in [6.07, 6.45) is 0. The van der Waals surface area contributed by atoms with Crippen LogP contribution in [-0.4, -0.2) is 32.9 Å². The van der Waals surface area contributed by atoms with Gasteiger partial charge in [-0.2, -0.15) is 0 Å². The first-order chi connectivity index (χ1) is 9.50. The van der Waals surface area contributed by atoms with E-state index in [0.29, 0.717) is 0 Å². The first-order valence-corrected chi connectivity index (χ1v) is 15.5. The Labute approximate surface area is 131 Å². The van der Waals surface area contributed by atoms with Crippen molar-refractivity contribution in [1.82, 2.24) is 0 Å². The smallest absolute Gasteiger partial charge is 0.242 e. The zero-order valence-corrected chi connectivity index (χ0v) is 18.2. The number of rotatable bonds is 12. The van der Waals surface area contributed by atoms with Crippen molar-refractivity contribution in [3.63, 3.8) is 0 Å². The van der Waals surface area contributed by atoms with Gasteiger partial charge in [-0.3, -0.25) is 0 Å². The van der Waals surface area contributed by atoms with E-state index in [0.717, 1.165) is 36.3 Å². The van der Waals surface area contributed by atoms with Crippen molar-refractivity contribution in [3.05, 3.63) is 0 Å². The summed E-state index contributed by atoms with van der Waals surface area (Å²) >= 11 is 0. The molecule has 0 atom stereocenters. The molecule has 0 bridgehead atoms. The maximum absolute atomic E-state index is 6.45. The van der Waals surface area contributed by atoms with Gasteiger partial charge in [-0.25, -0.2) is 0 Å². The Morgan fingerprint density at radius 3 is 1.20 bits per heavy atom. The third-order valence-corrected chi connectivity index (χ3v) is 14.6. The SMILES string of the molecule is CC[Si](CC)(CC)OC(O[SiH2]C)O[Si](CC)(CC)CC. The minimum atomic E-state index is -1.66. The van der Waals surface area contributed by atoms with Gasteiger partial charge in [-0.05, 0) is 36.3 Å². The molecule has 0 saturated carbocycles. The average Bonchev–Trinajstić information content (AvgIpc) is 2.50. The summed E-state index contributed by atoms with van der Waals surface area (Å²) in [6, 6.07) is 6.88. The van der Waals surface area contributed by atoms with E-state index < -0.39 is 26.4 Å². The average molecular weight is 337 g/mol. The lowest BCUT2D eigenvalue weighted by molar-refractivity contribution is -0.155. The molecule has 0 aromatic carbocycles. The molecule has 0 N–H and O–H groups in total. The molecule has 6 heteroatoms. The van der Waals surface area contributed by atoms with Crippen molar-refractivity contribution in [3.8, 4) is 0 Å². The molecule has 0 aliphatic rings. The lowest BCUT2D eigenvalue weighted by Gasteiger charge is -2.38. The first-order valence-electron chi connectivity index (χ1n) is 8.48. The Morgan fingerprint density at radius 2 is 1.00 bits per heavy atom. The minimum Gasteiger partial charge on any atom is -0.380 e. The molecule has 0 aliphatic heterocycles. The summed E-state index contributed by atoms with van der Waals surface area (Å²) in [5.41, 5.74) is 0. The van der Waals surface area contributed by atoms with Gasteiger partial charge in [0.1, 0.15) is 0 Å². The molecule has 0 aromatic rings. The van der Waals surface area contributed by atoms with Crippen LogP contribution in [0, 0.1) is 0 Å². The molecule has 0 aromatic heterocycles. The van der Waals surface area contributed by atoms with E-state index >= 15 is 0 Å². The minimum absolute atomic E-state index is 0.371. The third-order valence-electron chi connectivity index (χ3n) is 4.86. The lowest BCUT2D eigenvalue weighted by atomic mass is 10.9. The van der Waals surface area contributed by atoms with Gasteiger partial charge in [-0.1, -0.05) is 48.1 Å². The van der Waals surface area contributed by atoms with Crippen molar-refractivity contribution in [2.24, 2.45) is 0 Å². The van der Waals surface area contributed by atoms with Crippen molar-refractivity contribution < 1.29 is 13.3 Å². The van der Waals surface area contributed by atoms with Crippen molar-refractivity contribution >= 4 is 26.4 Å². The molecular formula is C14H36O3Si3. The topological polar surface area (TPSA) is 27.7 Å². The zero-order valence-electron chi connectivity index (χ0n) is 14.8. The summed E-state index contributed by atoms with van der Waals surface area (Å²) < 4.78 is 18.8. The van der Waals surface area contributed by atoms with Crippen LogP contribution < -0.4 is 0 Å². The van der Waals surface area contributed by atoms with Gasteiger partial charge < -0.3 is 13.3 Å². The van der Waals surface area contributed by atoms with Gasteiger partial charge >= 0.3 is 0 Å². The van der Waals surface area contributed by atoms with Gasteiger partial charge in [0.05, 0.1) is 0 Å². The summed E-state index contributed by atoms with van der Waals surface area (Å²) in [5, 5.41) is 0. The van der Waals surface area contributed by atoms with E-state index in [-0.39, 0.29) is 6.48 Å². The molecule has 0 amide bonds. The second-order valence-electron chi connectivity index (χ2n) is 5.47. The fraction of sp³-hybridized carbons (Fsp3) is 1.00. The Kier molecular flexibility index (Phi) is 10.6. The van der Waals surface area contributed by atoms with Crippen LogP contribution in [0.15, 0.2) is 0 Å². The molecule has 0 saturated heterocycles. The predicted molar refractivity (Wildman–Crippen MR) is 95.8 cm³/mol. The molecule has 0 aliphatic carbocycles. The zero-order chi connectivity index (χ0) is 15.6. The van der Waals surface area contributed by atoms with Crippen LogP contribution in [0.25, 0.3) is 0 Å². The molecule has 122 valence electrons. The lowest BCUT2D eigenvalue weighted by Crippen LogP contribution is -2.48. The summed E-state index contributed by atoms with van der Waals surface area (Å²) in [7, 11) is -3.85. The summed E-state index contributed by atoms with van der Waals surface area (Å²) in [4.78, 5) is 0. The maximum atomic E-state index is 6.45. The molecule has 0 rings (SSSR count). The van der Waals surface area contributed by atoms with Gasteiger partial charge in [0.2, 0.25) is 6.48 Å². The molecule has 20 heavy (non-hydrogen) atoms. The third kappa shape index (κ3) is 5.73. The standard InChI is InChI=1S/C14H36O3Si3/c1-8-19(9-2,10-3)16-14(15-18-7)17-20(11-4,12-5)13-6/h14H,8-13,18H2,1-7H3. The molecule has 0 unspecified atom stereocenters. The predicted octanol–water partition coefficient (Wildman–Crippen LogP) is 4.46. The Morgan fingerprint density at radius 1 is 0.700 bits per heavy atom. The van der Waals surface area contributed by atoms with Crippen molar-refractivity contribution in [2.75, 3.05) is 0 Å². The number of hydrogen-bond acceptors (Lipinski definition) is 3. The fourth-order valence-corrected chi connectivity index (χ4v) is 8.46. The Bertz CT molecular complexity index is 205. The molecule has 0 heterocycles. The number of hydrogen-bond donors (Lipinski definition) is 0. The van der Waals surface area contributed by atoms with Crippen LogP contribution in [0.1, 0.15) is 41.5 Å². The highest BCUT2D eigenvalue weighted by Gasteiger charge is 2.37. The molecule has 0 spiro atoms. The van der Waals surface area contributed by atoms with Crippen LogP contribution in [0.3, 0.4) is 0 Å². The Balaban J connectivity index is 4.95. The van der Waals surface area contributed by atoms with E-state index in [1.54, 1.807) is 0 Å². The highest BCUT2D eigenvalue weighted by atomic mass is 28.4. The molecule has 0 radical (unpaired) electrons. The van der Waals surface area contributed by atoms with Crippen LogP contribution in [0.5, 0.6) is 0 Å². The van der Waals surface area contributed by atoms with E-state index in [1.165, 1.54) is 0 Å². The van der Waals surface area contributed by atoms with Gasteiger partial charge in [-0.15, -0.1) is 0 Å². The molecule has 3 nitrogen and oxygen atoms in total. The van der Waals surface area contributed by atoms with E-state index in [9.17, 15) is 0 Å². The van der Waals surface area contributed by atoms with Crippen molar-refractivity contribution in [1.29, 1.82) is 0 Å². The van der Waals surface area contributed by atoms with Gasteiger partial charge in [0, 0.05) is 0 Å². The molecule has 0 fully saturated rings. The fourth-order valence-electron chi connectivity index (χ4n) is 2.64. The van der Waals surface area contributed by atoms with Gasteiger partial charge in [0.25, 0.3) is 0 Å². The van der Waals surface area contributed by atoms with Crippen LogP contribution >= 0.6 is 0 Å². The maximum Gasteiger partial charge on any atom is 0.242 e. The first kappa shape index (κ1) is 20.5. The normalized spacial score (nSPS) is 13.8. The van der Waals surface area contributed by atoms with Crippen LogP contribution in [0.2, 0.25) is 42.8 Å². The summed E-state index contributed by atoms with van der Waals surface area (Å²) in [5.74, 6) is 0. The van der Waals surface area contributed by atoms with E-state index in [2.05, 4.69) is 48.1 Å². The van der Waals surface area contributed by atoms with E-state index in [1.807, 2.05) is 0 Å². The quantitative estimate of drug-likeness (QED) is 0.389. The van der Waals surface area contributed by atoms with Crippen LogP contribution in [-0.2, 0) is 13.3 Å². The second-order valence-corrected chi connectivity index (χ2v) is 15.8. The largest absolute Gasteiger partial charge is 0.380 e. The summed E-state index contributed by atoms with van der Waals surface area (Å²) in [6.45, 7) is 15.3. The Hall–Kier alpha value is 0.531. The highest BCUT2D eigenvalue weighted by Crippen LogP contribution is 2.28. The van der Waals surface area contributed by atoms with Crippen LogP contribution in [0.4, 0.5) is 0 Å².